The lowest BCUT2D eigenvalue weighted by atomic mass is 9.93. The minimum absolute atomic E-state index is 0.0432. The zero-order valence-corrected chi connectivity index (χ0v) is 35.3. The van der Waals surface area contributed by atoms with E-state index in [-0.39, 0.29) is 27.2 Å². The van der Waals surface area contributed by atoms with Gasteiger partial charge in [-0.1, -0.05) is 33.3 Å². The summed E-state index contributed by atoms with van der Waals surface area (Å²) in [7, 11) is 0. The molecule has 3 aliphatic heterocycles. The highest BCUT2D eigenvalue weighted by Crippen LogP contribution is 2.33. The number of aliphatic hydroxyl groups excluding tert-OH is 4. The molecule has 0 radical (unpaired) electrons. The van der Waals surface area contributed by atoms with Crippen LogP contribution in [-0.4, -0.2) is 135 Å². The fourth-order valence-electron chi connectivity index (χ4n) is 6.86. The molecule has 0 saturated carbocycles. The maximum absolute atomic E-state index is 14.3. The number of H-pyrrole nitrogens is 1. The number of amides is 7. The molecule has 0 saturated heterocycles. The number of aliphatic hydroxyl groups is 4. The molecule has 23 nitrogen and oxygen atoms in total. The fourth-order valence-corrected chi connectivity index (χ4v) is 7.23. The number of Topliss-reactive ketones (excluding diaryl/α,β-unsaturated/α-hetero) is 1. The van der Waals surface area contributed by atoms with Crippen LogP contribution in [0, 0.1) is 11.8 Å². The van der Waals surface area contributed by atoms with E-state index in [1.807, 2.05) is 0 Å². The summed E-state index contributed by atoms with van der Waals surface area (Å²) in [6.45, 7) is 3.88. The molecule has 3 aliphatic rings. The van der Waals surface area contributed by atoms with E-state index in [0.29, 0.717) is 6.42 Å². The van der Waals surface area contributed by atoms with Gasteiger partial charge in [0.2, 0.25) is 47.1 Å². The highest BCUT2D eigenvalue weighted by molar-refractivity contribution is 7.80. The van der Waals surface area contributed by atoms with E-state index in [1.54, 1.807) is 13.8 Å². The maximum Gasteiger partial charge on any atom is 0.247 e. The fraction of sp³-hybridized carbons (Fsp3) is 0.526. The molecular formula is C38H55N11O12S. The Balaban J connectivity index is 1.97. The van der Waals surface area contributed by atoms with Crippen LogP contribution in [0.5, 0.6) is 0 Å². The maximum atomic E-state index is 14.3. The first-order valence-electron chi connectivity index (χ1n) is 19.8. The molecule has 0 aliphatic carbocycles. The highest BCUT2D eigenvalue weighted by Gasteiger charge is 2.38. The summed E-state index contributed by atoms with van der Waals surface area (Å²) in [5.41, 5.74) is 11.4. The Kier molecular flexibility index (Phi) is 16.8. The number of hydrogen-bond donors (Lipinski definition) is 16. The summed E-state index contributed by atoms with van der Waals surface area (Å²) in [6, 6.07) is -3.30. The van der Waals surface area contributed by atoms with Crippen LogP contribution in [0.25, 0.3) is 10.9 Å². The number of ketones is 1. The van der Waals surface area contributed by atoms with E-state index in [0.717, 1.165) is 0 Å². The van der Waals surface area contributed by atoms with Gasteiger partial charge in [-0.3, -0.25) is 43.7 Å². The number of fused-ring (bicyclic) bond motifs is 7. The Bertz CT molecular complexity index is 2100. The number of primary amides is 1. The summed E-state index contributed by atoms with van der Waals surface area (Å²) in [6.07, 6.45) is -6.01. The molecule has 7 unspecified atom stereocenters. The number of anilines is 1. The summed E-state index contributed by atoms with van der Waals surface area (Å²) >= 11 is 4.56. The van der Waals surface area contributed by atoms with Crippen LogP contribution in [0.1, 0.15) is 58.6 Å². The molecule has 340 valence electrons. The molecule has 0 spiro atoms. The number of rotatable bonds is 7. The van der Waals surface area contributed by atoms with E-state index in [2.05, 4.69) is 60.1 Å². The number of hydrogen-bond acceptors (Lipinski definition) is 16. The van der Waals surface area contributed by atoms with Crippen molar-refractivity contribution in [1.29, 1.82) is 0 Å². The Labute approximate surface area is 360 Å². The minimum atomic E-state index is -2.00. The van der Waals surface area contributed by atoms with Crippen LogP contribution in [0.2, 0.25) is 0 Å². The highest BCUT2D eigenvalue weighted by atomic mass is 32.1. The predicted molar refractivity (Wildman–Crippen MR) is 223 cm³/mol. The van der Waals surface area contributed by atoms with Crippen LogP contribution >= 0.6 is 12.6 Å². The number of aromatic amines is 1. The lowest BCUT2D eigenvalue weighted by Crippen LogP contribution is -2.59. The molecule has 7 amide bonds. The van der Waals surface area contributed by atoms with Gasteiger partial charge in [-0.05, 0) is 25.0 Å². The van der Waals surface area contributed by atoms with E-state index in [4.69, 9.17) is 11.5 Å². The molecule has 1 aromatic carbocycles. The molecule has 24 heteroatoms. The summed E-state index contributed by atoms with van der Waals surface area (Å²) in [5.74, 6) is -10.2. The van der Waals surface area contributed by atoms with Crippen molar-refractivity contribution in [1.82, 2.24) is 42.2 Å². The number of carbonyl (C=O) groups is 8. The van der Waals surface area contributed by atoms with Crippen LogP contribution in [0.4, 0.5) is 5.69 Å². The van der Waals surface area contributed by atoms with Gasteiger partial charge in [0, 0.05) is 34.5 Å². The van der Waals surface area contributed by atoms with E-state index < -0.39 is 152 Å². The quantitative estimate of drug-likeness (QED) is 0.118. The van der Waals surface area contributed by atoms with Crippen molar-refractivity contribution in [2.45, 2.75) is 101 Å². The third-order valence-electron chi connectivity index (χ3n) is 10.7. The topological polar surface area (TPSA) is 382 Å². The zero-order chi connectivity index (χ0) is 46.2. The Hall–Kier alpha value is -5.79. The number of aromatic nitrogens is 1. The van der Waals surface area contributed by atoms with Crippen molar-refractivity contribution in [3.8, 4) is 0 Å². The van der Waals surface area contributed by atoms with E-state index >= 15 is 0 Å². The van der Waals surface area contributed by atoms with Gasteiger partial charge in [0.1, 0.15) is 41.7 Å². The lowest BCUT2D eigenvalue weighted by molar-refractivity contribution is -0.134. The first-order chi connectivity index (χ1) is 29.2. The molecule has 5 rings (SSSR count). The zero-order valence-electron chi connectivity index (χ0n) is 34.4. The molecule has 62 heavy (non-hydrogen) atoms. The smallest absolute Gasteiger partial charge is 0.247 e. The van der Waals surface area contributed by atoms with Crippen molar-refractivity contribution in [3.05, 3.63) is 35.2 Å². The Morgan fingerprint density at radius 2 is 1.56 bits per heavy atom. The lowest BCUT2D eigenvalue weighted by Gasteiger charge is -2.32. The van der Waals surface area contributed by atoms with Crippen molar-refractivity contribution < 1.29 is 58.8 Å². The number of benzene rings is 1. The van der Waals surface area contributed by atoms with Gasteiger partial charge in [0.25, 0.3) is 0 Å². The molecule has 10 atom stereocenters. The SMILES string of the molecule is CCC(C)C1NC(=O)CNC(=O)C2NC(=O)C([C@@H](C)C(O)CO)NC(N)C[C@@H](O)/C(O)=C(\Nc3ccc4c2c(S)[nH]c4c3)C(=O)C(CC(N)=O)NC(=O)[C@H](C)NC(=O)CNC1=O. The standard InChI is InChI=1S/C38H55N11O12S/c1-5-14(2)28-35(59)41-11-25(54)43-16(4)34(58)45-20(9-24(40)53)32(56)31-33(57)21(51)10-23(39)47-29(15(3)22(52)13-50)37(61)49-30(36(60)42-12-26(55)48-28)27-18-7-6-17(44-31)8-19(18)46-38(27)62/h6-8,14-16,20-23,28-30,44,46-47,50-52,57,62H,5,9-13,39H2,1-4H3,(H2,40,53)(H,41,59)(H,42,60)(H,43,54)(H,45,58)(H,48,55)(H,49,61)/b33-31+/t14?,15-,16-,20?,21+,22?,23?,28?,29?,30?/m0/s1. The first kappa shape index (κ1) is 48.9. The monoisotopic (exact) mass is 889 g/mol. The molecule has 1 aromatic heterocycles. The molecule has 17 N–H and O–H groups in total. The van der Waals surface area contributed by atoms with Gasteiger partial charge in [-0.15, -0.1) is 12.6 Å². The van der Waals surface area contributed by atoms with E-state index in [9.17, 15) is 58.8 Å². The van der Waals surface area contributed by atoms with Gasteiger partial charge in [-0.25, -0.2) is 0 Å². The van der Waals surface area contributed by atoms with Crippen molar-refractivity contribution in [3.63, 3.8) is 0 Å². The van der Waals surface area contributed by atoms with Gasteiger partial charge >= 0.3 is 0 Å². The van der Waals surface area contributed by atoms with Crippen LogP contribution in [0.15, 0.2) is 34.7 Å². The normalized spacial score (nSPS) is 28.1. The average Bonchev–Trinajstić information content (AvgIpc) is 3.55. The van der Waals surface area contributed by atoms with Crippen molar-refractivity contribution >= 4 is 76.4 Å². The molecule has 2 aromatic rings. The van der Waals surface area contributed by atoms with Crippen molar-refractivity contribution in [2.24, 2.45) is 23.3 Å². The molecule has 6 bridgehead atoms. The number of nitrogens with one attached hydrogen (secondary N) is 9. The summed E-state index contributed by atoms with van der Waals surface area (Å²) < 4.78 is 0. The molecule has 4 heterocycles. The van der Waals surface area contributed by atoms with Gasteiger partial charge < -0.3 is 74.1 Å². The number of thiol groups is 1. The predicted octanol–water partition coefficient (Wildman–Crippen LogP) is -4.00. The van der Waals surface area contributed by atoms with Gasteiger partial charge in [-0.2, -0.15) is 0 Å². The minimum Gasteiger partial charge on any atom is -0.507 e. The second-order valence-corrected chi connectivity index (χ2v) is 15.8. The molecule has 0 fully saturated rings. The van der Waals surface area contributed by atoms with Gasteiger partial charge in [0.15, 0.2) is 0 Å². The van der Waals surface area contributed by atoms with Crippen LogP contribution < -0.4 is 54.0 Å². The molecular weight excluding hydrogens is 835 g/mol. The second kappa shape index (κ2) is 21.3. The third-order valence-corrected chi connectivity index (χ3v) is 11.0. The largest absolute Gasteiger partial charge is 0.507 e. The Morgan fingerprint density at radius 3 is 2.19 bits per heavy atom. The first-order valence-corrected chi connectivity index (χ1v) is 20.2. The van der Waals surface area contributed by atoms with Crippen LogP contribution in [0.3, 0.4) is 0 Å². The number of carbonyl (C=O) groups excluding carboxylic acids is 8. The summed E-state index contributed by atoms with van der Waals surface area (Å²) in [4.78, 5) is 111. The van der Waals surface area contributed by atoms with Crippen LogP contribution in [-0.2, 0) is 38.4 Å². The van der Waals surface area contributed by atoms with Crippen molar-refractivity contribution in [2.75, 3.05) is 25.0 Å². The second-order valence-electron chi connectivity index (χ2n) is 15.3. The Morgan fingerprint density at radius 1 is 0.919 bits per heavy atom. The average molecular weight is 890 g/mol. The van der Waals surface area contributed by atoms with Gasteiger partial charge in [0.05, 0.1) is 49.5 Å². The van der Waals surface area contributed by atoms with E-state index in [1.165, 1.54) is 32.0 Å². The third kappa shape index (κ3) is 12.0. The number of nitrogens with two attached hydrogens (primary N) is 2. The summed E-state index contributed by atoms with van der Waals surface area (Å²) in [5, 5.41) is 63.8.